The van der Waals surface area contributed by atoms with Gasteiger partial charge in [-0.1, -0.05) is 13.0 Å². The van der Waals surface area contributed by atoms with E-state index in [9.17, 15) is 4.79 Å². The van der Waals surface area contributed by atoms with Crippen molar-refractivity contribution < 1.29 is 4.79 Å². The second-order valence-corrected chi connectivity index (χ2v) is 5.15. The lowest BCUT2D eigenvalue weighted by Crippen LogP contribution is -2.27. The summed E-state index contributed by atoms with van der Waals surface area (Å²) in [5.74, 6) is 5.23. The summed E-state index contributed by atoms with van der Waals surface area (Å²) in [6.07, 6.45) is 0.870. The molecule has 19 heavy (non-hydrogen) atoms. The number of amides is 1. The van der Waals surface area contributed by atoms with Crippen molar-refractivity contribution in [2.45, 2.75) is 19.4 Å². The number of carbonyl (C=O) groups is 1. The molecule has 0 fully saturated rings. The first-order valence-electron chi connectivity index (χ1n) is 6.15. The van der Waals surface area contributed by atoms with Crippen LogP contribution in [0.4, 0.5) is 5.69 Å². The van der Waals surface area contributed by atoms with Crippen LogP contribution in [0.25, 0.3) is 0 Å². The molecule has 0 saturated carbocycles. The van der Waals surface area contributed by atoms with Gasteiger partial charge in [-0.3, -0.25) is 10.6 Å². The maximum atomic E-state index is 12.2. The largest absolute Gasteiger partial charge is 0.344 e. The minimum atomic E-state index is -0.0659. The third-order valence-electron chi connectivity index (χ3n) is 2.91. The molecule has 4 N–H and O–H groups in total. The molecule has 0 radical (unpaired) electrons. The topological polar surface area (TPSA) is 67.2 Å². The number of nitrogens with two attached hydrogens (primary N) is 1. The smallest absolute Gasteiger partial charge is 0.251 e. The predicted octanol–water partition coefficient (Wildman–Crippen LogP) is 2.91. The molecule has 5 heteroatoms. The number of nitrogen functional groups attached to an aromatic ring is 1. The fraction of sp³-hybridized carbons (Fsp3) is 0.214. The van der Waals surface area contributed by atoms with Crippen LogP contribution in [-0.2, 0) is 0 Å². The monoisotopic (exact) mass is 275 g/mol. The van der Waals surface area contributed by atoms with Gasteiger partial charge in [0.2, 0.25) is 0 Å². The van der Waals surface area contributed by atoms with Gasteiger partial charge >= 0.3 is 0 Å². The quantitative estimate of drug-likeness (QED) is 0.580. The summed E-state index contributed by atoms with van der Waals surface area (Å²) in [5.41, 5.74) is 3.95. The third kappa shape index (κ3) is 3.33. The van der Waals surface area contributed by atoms with Crippen LogP contribution in [0.3, 0.4) is 0 Å². The lowest BCUT2D eigenvalue weighted by Gasteiger charge is -2.15. The summed E-state index contributed by atoms with van der Waals surface area (Å²) in [4.78, 5) is 13.3. The second-order valence-electron chi connectivity index (χ2n) is 4.17. The first kappa shape index (κ1) is 13.6. The minimum absolute atomic E-state index is 0.0659. The molecule has 0 aliphatic rings. The Balaban J connectivity index is 2.06. The van der Waals surface area contributed by atoms with E-state index in [0.717, 1.165) is 12.1 Å². The van der Waals surface area contributed by atoms with Crippen LogP contribution in [-0.4, -0.2) is 5.91 Å². The van der Waals surface area contributed by atoms with Gasteiger partial charge in [0.15, 0.2) is 0 Å². The van der Waals surface area contributed by atoms with Gasteiger partial charge in [0.05, 0.1) is 6.04 Å². The molecule has 1 heterocycles. The van der Waals surface area contributed by atoms with Crippen molar-refractivity contribution in [3.05, 3.63) is 52.2 Å². The van der Waals surface area contributed by atoms with Crippen LogP contribution < -0.4 is 16.6 Å². The SMILES string of the molecule is CCC(NC(=O)c1ccc(NN)cc1)c1cccs1. The summed E-state index contributed by atoms with van der Waals surface area (Å²) in [6, 6.07) is 11.2. The van der Waals surface area contributed by atoms with Gasteiger partial charge in [0.1, 0.15) is 0 Å². The van der Waals surface area contributed by atoms with Gasteiger partial charge in [-0.25, -0.2) is 0 Å². The molecule has 1 atom stereocenters. The van der Waals surface area contributed by atoms with E-state index in [0.29, 0.717) is 5.56 Å². The maximum Gasteiger partial charge on any atom is 0.251 e. The number of anilines is 1. The Bertz CT molecular complexity index is 522. The van der Waals surface area contributed by atoms with Crippen molar-refractivity contribution in [3.8, 4) is 0 Å². The first-order chi connectivity index (χ1) is 9.24. The standard InChI is InChI=1S/C14H17N3OS/c1-2-12(13-4-3-9-19-13)16-14(18)10-5-7-11(17-15)8-6-10/h3-9,12,17H,2,15H2,1H3,(H,16,18). The molecule has 2 rings (SSSR count). The number of thiophene rings is 1. The van der Waals surface area contributed by atoms with E-state index in [1.165, 1.54) is 4.88 Å². The van der Waals surface area contributed by atoms with E-state index in [4.69, 9.17) is 5.84 Å². The molecule has 0 bridgehead atoms. The zero-order valence-electron chi connectivity index (χ0n) is 10.7. The lowest BCUT2D eigenvalue weighted by atomic mass is 10.1. The fourth-order valence-electron chi connectivity index (χ4n) is 1.82. The Kier molecular flexibility index (Phi) is 4.54. The van der Waals surface area contributed by atoms with Gasteiger partial charge in [-0.15, -0.1) is 11.3 Å². The Morgan fingerprint density at radius 3 is 2.58 bits per heavy atom. The Labute approximate surface area is 116 Å². The molecular formula is C14H17N3OS. The van der Waals surface area contributed by atoms with Crippen molar-refractivity contribution in [3.63, 3.8) is 0 Å². The van der Waals surface area contributed by atoms with Gasteiger partial charge in [0, 0.05) is 16.1 Å². The highest BCUT2D eigenvalue weighted by Gasteiger charge is 2.14. The number of nitrogens with one attached hydrogen (secondary N) is 2. The normalized spacial score (nSPS) is 11.9. The molecule has 1 unspecified atom stereocenters. The molecule has 1 amide bonds. The van der Waals surface area contributed by atoms with Crippen LogP contribution in [0.15, 0.2) is 41.8 Å². The Morgan fingerprint density at radius 1 is 1.32 bits per heavy atom. The minimum Gasteiger partial charge on any atom is -0.344 e. The van der Waals surface area contributed by atoms with E-state index in [1.54, 1.807) is 35.6 Å². The van der Waals surface area contributed by atoms with Crippen LogP contribution in [0.5, 0.6) is 0 Å². The molecule has 0 aliphatic carbocycles. The summed E-state index contributed by atoms with van der Waals surface area (Å²) in [7, 11) is 0. The highest BCUT2D eigenvalue weighted by atomic mass is 32.1. The average Bonchev–Trinajstić information content (AvgIpc) is 2.98. The maximum absolute atomic E-state index is 12.2. The molecule has 0 saturated heterocycles. The van der Waals surface area contributed by atoms with Gasteiger partial charge in [0.25, 0.3) is 5.91 Å². The molecule has 0 aliphatic heterocycles. The molecule has 0 spiro atoms. The number of hydrogen-bond donors (Lipinski definition) is 3. The zero-order valence-corrected chi connectivity index (χ0v) is 11.5. The van der Waals surface area contributed by atoms with E-state index in [2.05, 4.69) is 17.7 Å². The van der Waals surface area contributed by atoms with Crippen LogP contribution in [0.2, 0.25) is 0 Å². The lowest BCUT2D eigenvalue weighted by molar-refractivity contribution is 0.0936. The van der Waals surface area contributed by atoms with Crippen LogP contribution >= 0.6 is 11.3 Å². The van der Waals surface area contributed by atoms with E-state index in [-0.39, 0.29) is 11.9 Å². The molecule has 2 aromatic rings. The van der Waals surface area contributed by atoms with Crippen LogP contribution in [0, 0.1) is 0 Å². The zero-order chi connectivity index (χ0) is 13.7. The van der Waals surface area contributed by atoms with Crippen molar-refractivity contribution in [1.29, 1.82) is 0 Å². The van der Waals surface area contributed by atoms with Crippen molar-refractivity contribution >= 4 is 22.9 Å². The van der Waals surface area contributed by atoms with Crippen molar-refractivity contribution in [1.82, 2.24) is 5.32 Å². The number of hydrogen-bond acceptors (Lipinski definition) is 4. The fourth-order valence-corrected chi connectivity index (χ4v) is 2.68. The molecule has 1 aromatic heterocycles. The molecule has 1 aromatic carbocycles. The average molecular weight is 275 g/mol. The Morgan fingerprint density at radius 2 is 2.05 bits per heavy atom. The Hall–Kier alpha value is -1.85. The third-order valence-corrected chi connectivity index (χ3v) is 3.90. The number of carbonyl (C=O) groups excluding carboxylic acids is 1. The summed E-state index contributed by atoms with van der Waals surface area (Å²) >= 11 is 1.66. The number of rotatable bonds is 5. The van der Waals surface area contributed by atoms with Crippen molar-refractivity contribution in [2.75, 3.05) is 5.43 Å². The van der Waals surface area contributed by atoms with Gasteiger partial charge in [-0.2, -0.15) is 0 Å². The summed E-state index contributed by atoms with van der Waals surface area (Å²) in [5, 5.41) is 5.06. The predicted molar refractivity (Wildman–Crippen MR) is 79.1 cm³/mol. The highest BCUT2D eigenvalue weighted by Crippen LogP contribution is 2.22. The number of benzene rings is 1. The molecule has 100 valence electrons. The molecule has 4 nitrogen and oxygen atoms in total. The van der Waals surface area contributed by atoms with E-state index >= 15 is 0 Å². The molecular weight excluding hydrogens is 258 g/mol. The summed E-state index contributed by atoms with van der Waals surface area (Å²) < 4.78 is 0. The highest BCUT2D eigenvalue weighted by molar-refractivity contribution is 7.10. The van der Waals surface area contributed by atoms with Crippen molar-refractivity contribution in [2.24, 2.45) is 5.84 Å². The van der Waals surface area contributed by atoms with E-state index in [1.807, 2.05) is 17.5 Å². The van der Waals surface area contributed by atoms with Gasteiger partial charge in [-0.05, 0) is 42.1 Å². The van der Waals surface area contributed by atoms with Crippen LogP contribution in [0.1, 0.15) is 34.6 Å². The first-order valence-corrected chi connectivity index (χ1v) is 7.03. The van der Waals surface area contributed by atoms with E-state index < -0.39 is 0 Å². The van der Waals surface area contributed by atoms with Gasteiger partial charge < -0.3 is 10.7 Å². The summed E-state index contributed by atoms with van der Waals surface area (Å²) in [6.45, 7) is 2.06. The second kappa shape index (κ2) is 6.36. The number of hydrazine groups is 1.